The summed E-state index contributed by atoms with van der Waals surface area (Å²) in [6.45, 7) is 2.04. The molecule has 0 bridgehead atoms. The van der Waals surface area contributed by atoms with E-state index in [-0.39, 0.29) is 5.56 Å². The number of aromatic nitrogens is 1. The molecule has 1 N–H and O–H groups in total. The minimum Gasteiger partial charge on any atom is -0.463 e. The van der Waals surface area contributed by atoms with Crippen LogP contribution in [0, 0.1) is 0 Å². The topological polar surface area (TPSA) is 59.2 Å². The summed E-state index contributed by atoms with van der Waals surface area (Å²) < 4.78 is 5.87. The number of hydrogen-bond donors (Lipinski definition) is 1. The van der Waals surface area contributed by atoms with Crippen LogP contribution in [0.4, 0.5) is 0 Å². The second-order valence-electron chi connectivity index (χ2n) is 5.31. The minimum absolute atomic E-state index is 0.215. The summed E-state index contributed by atoms with van der Waals surface area (Å²) >= 11 is 1.23. The van der Waals surface area contributed by atoms with Crippen LogP contribution in [-0.2, 0) is 9.53 Å². The molecule has 0 spiro atoms. The molecule has 0 radical (unpaired) electrons. The number of H-pyrrole nitrogens is 1. The van der Waals surface area contributed by atoms with Gasteiger partial charge in [-0.3, -0.25) is 4.79 Å². The van der Waals surface area contributed by atoms with Gasteiger partial charge in [0.05, 0.1) is 17.2 Å². The Kier molecular flexibility index (Phi) is 5.26. The summed E-state index contributed by atoms with van der Waals surface area (Å²) in [5, 5.41) is 0. The van der Waals surface area contributed by atoms with Crippen molar-refractivity contribution in [1.82, 2.24) is 4.98 Å². The highest BCUT2D eigenvalue weighted by Crippen LogP contribution is 2.19. The van der Waals surface area contributed by atoms with E-state index in [9.17, 15) is 9.59 Å². The van der Waals surface area contributed by atoms with Gasteiger partial charge in [0, 0.05) is 0 Å². The average molecular weight is 351 g/mol. The van der Waals surface area contributed by atoms with Crippen molar-refractivity contribution in [1.29, 1.82) is 0 Å². The first-order chi connectivity index (χ1) is 12.2. The van der Waals surface area contributed by atoms with E-state index in [1.54, 1.807) is 13.0 Å². The van der Waals surface area contributed by atoms with Crippen LogP contribution in [0.5, 0.6) is 0 Å². The number of ether oxygens (including phenoxy) is 1. The monoisotopic (exact) mass is 351 g/mol. The van der Waals surface area contributed by atoms with E-state index in [1.807, 2.05) is 42.5 Å². The third-order valence-electron chi connectivity index (χ3n) is 3.53. The van der Waals surface area contributed by atoms with Gasteiger partial charge in [0.15, 0.2) is 0 Å². The third kappa shape index (κ3) is 4.33. The summed E-state index contributed by atoms with van der Waals surface area (Å²) in [5.41, 5.74) is 2.98. The van der Waals surface area contributed by atoms with Gasteiger partial charge >= 0.3 is 5.97 Å². The molecule has 0 amide bonds. The molecule has 1 aromatic heterocycles. The number of thiazole rings is 1. The zero-order valence-electron chi connectivity index (χ0n) is 13.7. The van der Waals surface area contributed by atoms with Gasteiger partial charge in [0.2, 0.25) is 0 Å². The Morgan fingerprint density at radius 1 is 1.08 bits per heavy atom. The van der Waals surface area contributed by atoms with Crippen LogP contribution >= 0.6 is 11.3 Å². The third-order valence-corrected chi connectivity index (χ3v) is 4.49. The number of esters is 1. The van der Waals surface area contributed by atoms with Gasteiger partial charge in [-0.15, -0.1) is 11.3 Å². The van der Waals surface area contributed by atoms with E-state index in [2.05, 4.69) is 17.1 Å². The van der Waals surface area contributed by atoms with Crippen LogP contribution in [0.25, 0.3) is 23.3 Å². The standard InChI is InChI=1S/C20H17NO3S/c1-2-24-19(22)13-18-21-20(23)17(25-18)12-14-8-10-16(11-9-14)15-6-4-3-5-7-15/h3-13H,2H2,1H3,(H,21,23). The van der Waals surface area contributed by atoms with Crippen LogP contribution in [-0.4, -0.2) is 17.6 Å². The Morgan fingerprint density at radius 3 is 2.44 bits per heavy atom. The molecule has 0 atom stereocenters. The lowest BCUT2D eigenvalue weighted by Gasteiger charge is -2.01. The number of rotatable bonds is 4. The molecule has 126 valence electrons. The zero-order chi connectivity index (χ0) is 17.6. The Balaban J connectivity index is 1.90. The Morgan fingerprint density at radius 2 is 1.76 bits per heavy atom. The van der Waals surface area contributed by atoms with E-state index < -0.39 is 5.97 Å². The molecular formula is C20H17NO3S. The molecular weight excluding hydrogens is 334 g/mol. The van der Waals surface area contributed by atoms with Gasteiger partial charge in [0.1, 0.15) is 4.66 Å². The summed E-state index contributed by atoms with van der Waals surface area (Å²) in [6, 6.07) is 18.1. The lowest BCUT2D eigenvalue weighted by molar-refractivity contribution is -0.135. The summed E-state index contributed by atoms with van der Waals surface area (Å²) in [7, 11) is 0. The molecule has 0 aliphatic carbocycles. The number of nitrogens with one attached hydrogen (secondary N) is 1. The highest BCUT2D eigenvalue weighted by molar-refractivity contribution is 7.07. The molecule has 2 aromatic carbocycles. The molecule has 0 saturated heterocycles. The quantitative estimate of drug-likeness (QED) is 0.734. The normalized spacial score (nSPS) is 12.4. The van der Waals surface area contributed by atoms with E-state index in [1.165, 1.54) is 17.4 Å². The first-order valence-corrected chi connectivity index (χ1v) is 8.72. The van der Waals surface area contributed by atoms with Gasteiger partial charge in [-0.1, -0.05) is 54.6 Å². The van der Waals surface area contributed by atoms with E-state index in [0.717, 1.165) is 16.7 Å². The molecule has 0 aliphatic heterocycles. The Hall–Kier alpha value is -2.92. The van der Waals surface area contributed by atoms with E-state index >= 15 is 0 Å². The fourth-order valence-electron chi connectivity index (χ4n) is 2.37. The molecule has 1 heterocycles. The lowest BCUT2D eigenvalue weighted by Crippen LogP contribution is -2.20. The smallest absolute Gasteiger partial charge is 0.333 e. The number of carbonyl (C=O) groups excluding carboxylic acids is 1. The van der Waals surface area contributed by atoms with Crippen LogP contribution < -0.4 is 14.8 Å². The Bertz CT molecular complexity index is 1030. The summed E-state index contributed by atoms with van der Waals surface area (Å²) in [6.07, 6.45) is 3.10. The van der Waals surface area contributed by atoms with Crippen LogP contribution in [0.2, 0.25) is 0 Å². The number of aromatic amines is 1. The van der Waals surface area contributed by atoms with Crippen molar-refractivity contribution in [2.24, 2.45) is 0 Å². The van der Waals surface area contributed by atoms with Crippen LogP contribution in [0.15, 0.2) is 59.4 Å². The van der Waals surface area contributed by atoms with Crippen molar-refractivity contribution in [3.05, 3.63) is 79.7 Å². The maximum atomic E-state index is 12.0. The molecule has 0 fully saturated rings. The fraction of sp³-hybridized carbons (Fsp3) is 0.100. The maximum Gasteiger partial charge on any atom is 0.333 e. The molecule has 5 heteroatoms. The van der Waals surface area contributed by atoms with E-state index in [0.29, 0.717) is 15.8 Å². The molecule has 3 rings (SSSR count). The highest BCUT2D eigenvalue weighted by Gasteiger charge is 2.00. The van der Waals surface area contributed by atoms with E-state index in [4.69, 9.17) is 4.74 Å². The fourth-order valence-corrected chi connectivity index (χ4v) is 3.24. The molecule has 3 aromatic rings. The van der Waals surface area contributed by atoms with Crippen LogP contribution in [0.3, 0.4) is 0 Å². The van der Waals surface area contributed by atoms with Crippen molar-refractivity contribution in [3.63, 3.8) is 0 Å². The van der Waals surface area contributed by atoms with Crippen molar-refractivity contribution in [3.8, 4) is 11.1 Å². The number of carbonyl (C=O) groups is 1. The minimum atomic E-state index is -0.459. The first-order valence-electron chi connectivity index (χ1n) is 7.90. The van der Waals surface area contributed by atoms with Crippen LogP contribution in [0.1, 0.15) is 12.5 Å². The van der Waals surface area contributed by atoms with Crippen molar-refractivity contribution >= 4 is 29.5 Å². The van der Waals surface area contributed by atoms with Crippen molar-refractivity contribution < 1.29 is 9.53 Å². The van der Waals surface area contributed by atoms with Gasteiger partial charge in [-0.05, 0) is 29.7 Å². The highest BCUT2D eigenvalue weighted by atomic mass is 32.1. The number of benzene rings is 2. The second kappa shape index (κ2) is 7.77. The predicted octanol–water partition coefficient (Wildman–Crippen LogP) is 2.28. The van der Waals surface area contributed by atoms with Gasteiger partial charge < -0.3 is 9.72 Å². The molecule has 0 saturated carbocycles. The SMILES string of the molecule is CCOC(=O)C=c1[nH]c(=O)c(=Cc2ccc(-c3ccccc3)cc2)s1. The summed E-state index contributed by atoms with van der Waals surface area (Å²) in [5.74, 6) is -0.459. The average Bonchev–Trinajstić information content (AvgIpc) is 2.95. The second-order valence-corrected chi connectivity index (χ2v) is 6.40. The molecule has 4 nitrogen and oxygen atoms in total. The predicted molar refractivity (Wildman–Crippen MR) is 101 cm³/mol. The van der Waals surface area contributed by atoms with Gasteiger partial charge in [-0.25, -0.2) is 4.79 Å². The molecule has 25 heavy (non-hydrogen) atoms. The maximum absolute atomic E-state index is 12.0. The molecule has 0 aliphatic rings. The Labute approximate surface area is 148 Å². The van der Waals surface area contributed by atoms with Crippen molar-refractivity contribution in [2.75, 3.05) is 6.61 Å². The van der Waals surface area contributed by atoms with Gasteiger partial charge in [-0.2, -0.15) is 0 Å². The molecule has 0 unspecified atom stereocenters. The number of hydrogen-bond acceptors (Lipinski definition) is 4. The lowest BCUT2D eigenvalue weighted by atomic mass is 10.0. The first kappa shape index (κ1) is 16.9. The zero-order valence-corrected chi connectivity index (χ0v) is 14.5. The van der Waals surface area contributed by atoms with Crippen molar-refractivity contribution in [2.45, 2.75) is 6.92 Å². The van der Waals surface area contributed by atoms with Gasteiger partial charge in [0.25, 0.3) is 5.56 Å². The largest absolute Gasteiger partial charge is 0.463 e. The summed E-state index contributed by atoms with van der Waals surface area (Å²) in [4.78, 5) is 26.2.